The van der Waals surface area contributed by atoms with Crippen LogP contribution in [0.2, 0.25) is 0 Å². The molecule has 1 aromatic heterocycles. The molecular formula is C25H31N3O6. The molecule has 9 heteroatoms. The van der Waals surface area contributed by atoms with Gasteiger partial charge >= 0.3 is 0 Å². The van der Waals surface area contributed by atoms with E-state index in [2.05, 4.69) is 4.98 Å². The number of piperidine rings is 1. The minimum atomic E-state index is -0.0940. The third kappa shape index (κ3) is 4.47. The van der Waals surface area contributed by atoms with Crippen molar-refractivity contribution >= 4 is 11.8 Å². The van der Waals surface area contributed by atoms with E-state index in [9.17, 15) is 9.59 Å². The Hall–Kier alpha value is -3.49. The molecule has 0 N–H and O–H groups in total. The average Bonchev–Trinajstić information content (AvgIpc) is 3.30. The molecule has 2 saturated heterocycles. The highest BCUT2D eigenvalue weighted by Gasteiger charge is 2.43. The van der Waals surface area contributed by atoms with E-state index in [1.807, 2.05) is 9.80 Å². The van der Waals surface area contributed by atoms with Crippen molar-refractivity contribution in [1.82, 2.24) is 14.8 Å². The van der Waals surface area contributed by atoms with E-state index in [4.69, 9.17) is 18.9 Å². The molecule has 9 nitrogen and oxygen atoms in total. The molecule has 1 spiro atoms. The normalized spacial score (nSPS) is 16.9. The number of hydrogen-bond donors (Lipinski definition) is 0. The maximum absolute atomic E-state index is 13.2. The molecule has 0 saturated carbocycles. The Bertz CT molecular complexity index is 1060. The van der Waals surface area contributed by atoms with Crippen LogP contribution in [0.3, 0.4) is 0 Å². The second kappa shape index (κ2) is 9.79. The standard InChI is InChI=1S/C25H31N3O6/c1-31-17-5-7-20(32-2)19(15-17)24(30)27-12-9-25(10-13-27)11-14-28(16-25)23(29)18-6-8-21(33-3)26-22(18)34-4/h5-8,15H,9-14,16H2,1-4H3. The van der Waals surface area contributed by atoms with Crippen LogP contribution in [0.4, 0.5) is 0 Å². The molecule has 3 heterocycles. The summed E-state index contributed by atoms with van der Waals surface area (Å²) < 4.78 is 21.1. The number of benzene rings is 1. The van der Waals surface area contributed by atoms with E-state index in [1.54, 1.807) is 44.6 Å². The number of nitrogens with zero attached hydrogens (tertiary/aromatic N) is 3. The van der Waals surface area contributed by atoms with Gasteiger partial charge in [-0.25, -0.2) is 0 Å². The Kier molecular flexibility index (Phi) is 6.81. The van der Waals surface area contributed by atoms with E-state index >= 15 is 0 Å². The maximum atomic E-state index is 13.2. The lowest BCUT2D eigenvalue weighted by Gasteiger charge is -2.39. The van der Waals surface area contributed by atoms with Gasteiger partial charge in [0.2, 0.25) is 11.8 Å². The third-order valence-electron chi connectivity index (χ3n) is 6.94. The zero-order chi connectivity index (χ0) is 24.3. The Balaban J connectivity index is 1.42. The van der Waals surface area contributed by atoms with Crippen LogP contribution >= 0.6 is 0 Å². The van der Waals surface area contributed by atoms with Crippen LogP contribution in [-0.4, -0.2) is 81.2 Å². The average molecular weight is 470 g/mol. The summed E-state index contributed by atoms with van der Waals surface area (Å²) in [6.07, 6.45) is 2.59. The van der Waals surface area contributed by atoms with E-state index in [0.29, 0.717) is 54.7 Å². The predicted molar refractivity (Wildman–Crippen MR) is 125 cm³/mol. The van der Waals surface area contributed by atoms with Gasteiger partial charge in [-0.3, -0.25) is 9.59 Å². The lowest BCUT2D eigenvalue weighted by atomic mass is 9.77. The molecule has 2 amide bonds. The minimum Gasteiger partial charge on any atom is -0.497 e. The molecule has 0 atom stereocenters. The van der Waals surface area contributed by atoms with Gasteiger partial charge in [0.25, 0.3) is 11.8 Å². The molecule has 34 heavy (non-hydrogen) atoms. The zero-order valence-corrected chi connectivity index (χ0v) is 20.1. The van der Waals surface area contributed by atoms with Gasteiger partial charge < -0.3 is 28.7 Å². The van der Waals surface area contributed by atoms with Crippen molar-refractivity contribution < 1.29 is 28.5 Å². The van der Waals surface area contributed by atoms with Crippen LogP contribution in [0.5, 0.6) is 23.3 Å². The van der Waals surface area contributed by atoms with Gasteiger partial charge in [0.15, 0.2) is 0 Å². The lowest BCUT2D eigenvalue weighted by molar-refractivity contribution is 0.0562. The fourth-order valence-electron chi connectivity index (χ4n) is 4.88. The zero-order valence-electron chi connectivity index (χ0n) is 20.1. The van der Waals surface area contributed by atoms with Crippen molar-refractivity contribution in [3.8, 4) is 23.3 Å². The van der Waals surface area contributed by atoms with Gasteiger partial charge in [-0.15, -0.1) is 0 Å². The van der Waals surface area contributed by atoms with Crippen LogP contribution < -0.4 is 18.9 Å². The van der Waals surface area contributed by atoms with E-state index in [-0.39, 0.29) is 23.1 Å². The van der Waals surface area contributed by atoms with Gasteiger partial charge in [-0.1, -0.05) is 0 Å². The summed E-state index contributed by atoms with van der Waals surface area (Å²) in [6, 6.07) is 8.61. The van der Waals surface area contributed by atoms with Crippen molar-refractivity contribution in [3.63, 3.8) is 0 Å². The van der Waals surface area contributed by atoms with E-state index in [0.717, 1.165) is 19.3 Å². The molecule has 2 aliphatic heterocycles. The number of likely N-dealkylation sites (tertiary alicyclic amines) is 2. The van der Waals surface area contributed by atoms with Crippen LogP contribution in [0.15, 0.2) is 30.3 Å². The molecule has 1 aromatic carbocycles. The Labute approximate surface area is 199 Å². The fraction of sp³-hybridized carbons (Fsp3) is 0.480. The molecule has 0 bridgehead atoms. The predicted octanol–water partition coefficient (Wildman–Crippen LogP) is 2.88. The van der Waals surface area contributed by atoms with Crippen molar-refractivity contribution in [2.45, 2.75) is 19.3 Å². The first-order chi connectivity index (χ1) is 16.4. The number of methoxy groups -OCH3 is 4. The second-order valence-electron chi connectivity index (χ2n) is 8.75. The highest BCUT2D eigenvalue weighted by atomic mass is 16.5. The molecule has 182 valence electrons. The van der Waals surface area contributed by atoms with Crippen molar-refractivity contribution in [3.05, 3.63) is 41.5 Å². The van der Waals surface area contributed by atoms with Crippen molar-refractivity contribution in [2.75, 3.05) is 54.6 Å². The molecule has 2 aliphatic rings. The summed E-state index contributed by atoms with van der Waals surface area (Å²) in [6.45, 7) is 2.60. The van der Waals surface area contributed by atoms with Crippen LogP contribution in [0.1, 0.15) is 40.0 Å². The van der Waals surface area contributed by atoms with Gasteiger partial charge in [0, 0.05) is 32.2 Å². The summed E-state index contributed by atoms with van der Waals surface area (Å²) in [7, 11) is 6.15. The fourth-order valence-corrected chi connectivity index (χ4v) is 4.88. The number of amides is 2. The van der Waals surface area contributed by atoms with Gasteiger partial charge in [-0.2, -0.15) is 4.98 Å². The number of ether oxygens (including phenoxy) is 4. The van der Waals surface area contributed by atoms with Crippen molar-refractivity contribution in [2.24, 2.45) is 5.41 Å². The first kappa shape index (κ1) is 23.7. The number of rotatable bonds is 6. The number of aromatic nitrogens is 1. The number of carbonyl (C=O) groups is 2. The third-order valence-corrected chi connectivity index (χ3v) is 6.94. The summed E-state index contributed by atoms with van der Waals surface area (Å²) in [5.41, 5.74) is 0.941. The molecule has 0 unspecified atom stereocenters. The summed E-state index contributed by atoms with van der Waals surface area (Å²) in [4.78, 5) is 34.4. The molecule has 0 radical (unpaired) electrons. The monoisotopic (exact) mass is 469 g/mol. The topological polar surface area (TPSA) is 90.4 Å². The van der Waals surface area contributed by atoms with Crippen LogP contribution in [0, 0.1) is 5.41 Å². The van der Waals surface area contributed by atoms with E-state index < -0.39 is 0 Å². The Morgan fingerprint density at radius 2 is 1.47 bits per heavy atom. The van der Waals surface area contributed by atoms with Crippen LogP contribution in [0.25, 0.3) is 0 Å². The lowest BCUT2D eigenvalue weighted by Crippen LogP contribution is -2.44. The second-order valence-corrected chi connectivity index (χ2v) is 8.75. The van der Waals surface area contributed by atoms with Crippen molar-refractivity contribution in [1.29, 1.82) is 0 Å². The smallest absolute Gasteiger partial charge is 0.259 e. The largest absolute Gasteiger partial charge is 0.497 e. The minimum absolute atomic E-state index is 0.0119. The number of carbonyl (C=O) groups excluding carboxylic acids is 2. The Morgan fingerprint density at radius 3 is 2.09 bits per heavy atom. The summed E-state index contributed by atoms with van der Waals surface area (Å²) >= 11 is 0. The van der Waals surface area contributed by atoms with Gasteiger partial charge in [0.1, 0.15) is 17.1 Å². The Morgan fingerprint density at radius 1 is 0.794 bits per heavy atom. The molecule has 2 fully saturated rings. The molecule has 4 rings (SSSR count). The van der Waals surface area contributed by atoms with Gasteiger partial charge in [0.05, 0.1) is 34.0 Å². The van der Waals surface area contributed by atoms with Crippen LogP contribution in [-0.2, 0) is 0 Å². The first-order valence-electron chi connectivity index (χ1n) is 11.3. The highest BCUT2D eigenvalue weighted by Crippen LogP contribution is 2.42. The maximum Gasteiger partial charge on any atom is 0.259 e. The summed E-state index contributed by atoms with van der Waals surface area (Å²) in [5, 5.41) is 0. The quantitative estimate of drug-likeness (QED) is 0.643. The van der Waals surface area contributed by atoms with E-state index in [1.165, 1.54) is 14.2 Å². The molecule has 0 aliphatic carbocycles. The first-order valence-corrected chi connectivity index (χ1v) is 11.3. The van der Waals surface area contributed by atoms with Gasteiger partial charge in [-0.05, 0) is 48.9 Å². The molecule has 2 aromatic rings. The summed E-state index contributed by atoms with van der Waals surface area (Å²) in [5.74, 6) is 1.65. The number of hydrogen-bond acceptors (Lipinski definition) is 7. The SMILES string of the molecule is COc1ccc(OC)c(C(=O)N2CCC3(CC2)CCN(C(=O)c2ccc(OC)nc2OC)C3)c1. The molecular weight excluding hydrogens is 438 g/mol. The number of pyridine rings is 1. The highest BCUT2D eigenvalue weighted by molar-refractivity contribution is 5.98.